The summed E-state index contributed by atoms with van der Waals surface area (Å²) in [7, 11) is 0. The van der Waals surface area contributed by atoms with Crippen LogP contribution in [0, 0.1) is 45.3 Å². The van der Waals surface area contributed by atoms with Gasteiger partial charge in [0.05, 0.1) is 32.3 Å². The third-order valence-corrected chi connectivity index (χ3v) is 7.95. The van der Waals surface area contributed by atoms with Crippen molar-refractivity contribution in [3.63, 3.8) is 0 Å². The monoisotopic (exact) mass is 554 g/mol. The second kappa shape index (κ2) is 11.8. The Balaban J connectivity index is 1.43. The molecule has 0 N–H and O–H groups in total. The molecular weight excluding hydrogens is 543 g/mol. The Morgan fingerprint density at radius 3 is 1.16 bits per heavy atom. The highest BCUT2D eigenvalue weighted by Gasteiger charge is 2.12. The maximum Gasteiger partial charge on any atom is 0.127 e. The van der Waals surface area contributed by atoms with Crippen molar-refractivity contribution in [1.82, 2.24) is 0 Å². The van der Waals surface area contributed by atoms with Crippen LogP contribution < -0.4 is 4.74 Å². The van der Waals surface area contributed by atoms with Crippen LogP contribution in [0.25, 0.3) is 0 Å². The summed E-state index contributed by atoms with van der Waals surface area (Å²) in [6.45, 7) is 0. The minimum absolute atomic E-state index is 0.247. The number of ether oxygens (including phenoxy) is 1. The third kappa shape index (κ3) is 6.19. The quantitative estimate of drug-likeness (QED) is 0.235. The van der Waals surface area contributed by atoms with Gasteiger partial charge in [-0.1, -0.05) is 46.7 Å². The van der Waals surface area contributed by atoms with Crippen molar-refractivity contribution in [2.45, 2.75) is 19.6 Å². The van der Waals surface area contributed by atoms with Crippen LogP contribution >= 0.6 is 46.7 Å². The second-order valence-electron chi connectivity index (χ2n) is 7.35. The first-order chi connectivity index (χ1) is 17.9. The SMILES string of the molecule is N#Cc1cc(Cl)c(Sc2ccc(Oc3ccc(Sc4cc(C#N)c(C#N)cc4Cl)cc3)cc2)cc1C#N. The molecule has 5 nitrogen and oxygen atoms in total. The molecule has 0 atom stereocenters. The maximum absolute atomic E-state index is 9.25. The molecule has 0 aliphatic heterocycles. The molecule has 37 heavy (non-hydrogen) atoms. The normalized spacial score (nSPS) is 10.0. The second-order valence-corrected chi connectivity index (χ2v) is 10.4. The minimum Gasteiger partial charge on any atom is -0.457 e. The molecule has 0 saturated heterocycles. The van der Waals surface area contributed by atoms with Gasteiger partial charge >= 0.3 is 0 Å². The zero-order valence-electron chi connectivity index (χ0n) is 18.7. The number of hydrogen-bond acceptors (Lipinski definition) is 7. The fraction of sp³-hybridized carbons (Fsp3) is 0. The molecule has 0 heterocycles. The number of benzene rings is 4. The molecule has 4 aromatic carbocycles. The molecule has 0 unspecified atom stereocenters. The third-order valence-electron chi connectivity index (χ3n) is 4.96. The van der Waals surface area contributed by atoms with E-state index in [1.165, 1.54) is 35.7 Å². The summed E-state index contributed by atoms with van der Waals surface area (Å²) in [5.41, 5.74) is 1.06. The van der Waals surface area contributed by atoms with Crippen molar-refractivity contribution in [3.05, 3.63) is 105 Å². The highest BCUT2D eigenvalue weighted by molar-refractivity contribution is 7.99. The Morgan fingerprint density at radius 2 is 0.838 bits per heavy atom. The highest BCUT2D eigenvalue weighted by Crippen LogP contribution is 2.38. The molecule has 0 aromatic heterocycles. The summed E-state index contributed by atoms with van der Waals surface area (Å²) in [5, 5.41) is 37.6. The summed E-state index contributed by atoms with van der Waals surface area (Å²) < 4.78 is 5.94. The van der Waals surface area contributed by atoms with E-state index in [1.54, 1.807) is 12.1 Å². The topological polar surface area (TPSA) is 104 Å². The van der Waals surface area contributed by atoms with Crippen molar-refractivity contribution in [2.75, 3.05) is 0 Å². The molecule has 0 bridgehead atoms. The number of rotatable bonds is 6. The maximum atomic E-state index is 9.25. The Labute approximate surface area is 232 Å². The molecular formula is C28H12Cl2N4OS2. The molecule has 4 rings (SSSR count). The molecule has 0 spiro atoms. The summed E-state index contributed by atoms with van der Waals surface area (Å²) in [6, 6.07) is 29.0. The van der Waals surface area contributed by atoms with Crippen molar-refractivity contribution in [3.8, 4) is 35.8 Å². The van der Waals surface area contributed by atoms with Crippen LogP contribution in [0.3, 0.4) is 0 Å². The van der Waals surface area contributed by atoms with E-state index in [-0.39, 0.29) is 22.3 Å². The minimum atomic E-state index is 0.247. The van der Waals surface area contributed by atoms with E-state index in [2.05, 4.69) is 0 Å². The summed E-state index contributed by atoms with van der Waals surface area (Å²) in [4.78, 5) is 3.16. The Morgan fingerprint density at radius 1 is 0.514 bits per heavy atom. The van der Waals surface area contributed by atoms with E-state index in [1.807, 2.05) is 72.8 Å². The molecule has 4 aromatic rings. The highest BCUT2D eigenvalue weighted by atomic mass is 35.5. The summed E-state index contributed by atoms with van der Waals surface area (Å²) in [5.74, 6) is 1.28. The molecule has 0 aliphatic rings. The Kier molecular flexibility index (Phi) is 8.27. The standard InChI is InChI=1S/C28H12Cl2N4OS2/c29-25-9-17(13-31)19(15-33)11-27(25)36-23-5-1-21(2-6-23)35-22-3-7-24(8-4-22)37-28-12-20(16-34)18(14-32)10-26(28)30/h1-12H. The Hall–Kier alpha value is -4.08. The summed E-state index contributed by atoms with van der Waals surface area (Å²) >= 11 is 15.3. The van der Waals surface area contributed by atoms with Crippen molar-refractivity contribution < 1.29 is 4.74 Å². The predicted molar refractivity (Wildman–Crippen MR) is 143 cm³/mol. The smallest absolute Gasteiger partial charge is 0.127 e. The number of halogens is 2. The first kappa shape index (κ1) is 26.0. The van der Waals surface area contributed by atoms with E-state index >= 15 is 0 Å². The predicted octanol–water partition coefficient (Wildman–Crippen LogP) is 8.57. The fourth-order valence-corrected chi connectivity index (χ4v) is 5.45. The van der Waals surface area contributed by atoms with Crippen LogP contribution in [0.5, 0.6) is 11.5 Å². The van der Waals surface area contributed by atoms with Gasteiger partial charge in [-0.05, 0) is 72.8 Å². The Bertz CT molecular complexity index is 1540. The molecule has 0 fully saturated rings. The number of nitrogens with zero attached hydrogens (tertiary/aromatic N) is 4. The first-order valence-electron chi connectivity index (χ1n) is 10.4. The van der Waals surface area contributed by atoms with Crippen LogP contribution in [0.4, 0.5) is 0 Å². The average molecular weight is 555 g/mol. The lowest BCUT2D eigenvalue weighted by molar-refractivity contribution is 0.482. The molecule has 0 saturated carbocycles. The van der Waals surface area contributed by atoms with Crippen LogP contribution in [0.2, 0.25) is 10.0 Å². The number of hydrogen-bond donors (Lipinski definition) is 0. The van der Waals surface area contributed by atoms with Crippen LogP contribution in [0.15, 0.2) is 92.4 Å². The van der Waals surface area contributed by atoms with Gasteiger partial charge in [0, 0.05) is 19.6 Å². The van der Waals surface area contributed by atoms with Gasteiger partial charge in [-0.3, -0.25) is 0 Å². The lowest BCUT2D eigenvalue weighted by Gasteiger charge is -2.10. The van der Waals surface area contributed by atoms with Crippen molar-refractivity contribution in [2.24, 2.45) is 0 Å². The summed E-state index contributed by atoms with van der Waals surface area (Å²) in [6.07, 6.45) is 0. The molecule has 0 radical (unpaired) electrons. The molecule has 0 amide bonds. The van der Waals surface area contributed by atoms with Gasteiger partial charge < -0.3 is 4.74 Å². The lowest BCUT2D eigenvalue weighted by Crippen LogP contribution is -1.87. The fourth-order valence-electron chi connectivity index (χ4n) is 3.17. The number of nitriles is 4. The first-order valence-corrected chi connectivity index (χ1v) is 12.8. The van der Waals surface area contributed by atoms with E-state index in [4.69, 9.17) is 38.5 Å². The van der Waals surface area contributed by atoms with Gasteiger partial charge in [-0.15, -0.1) is 0 Å². The van der Waals surface area contributed by atoms with Crippen molar-refractivity contribution in [1.29, 1.82) is 21.0 Å². The zero-order chi connectivity index (χ0) is 26.4. The van der Waals surface area contributed by atoms with Crippen LogP contribution in [-0.2, 0) is 0 Å². The molecule has 9 heteroatoms. The molecule has 176 valence electrons. The van der Waals surface area contributed by atoms with E-state index < -0.39 is 0 Å². The van der Waals surface area contributed by atoms with E-state index in [0.29, 0.717) is 31.3 Å². The van der Waals surface area contributed by atoms with Gasteiger partial charge in [-0.25, -0.2) is 0 Å². The molecule has 0 aliphatic carbocycles. The van der Waals surface area contributed by atoms with Gasteiger partial charge in [0.2, 0.25) is 0 Å². The van der Waals surface area contributed by atoms with Crippen molar-refractivity contribution >= 4 is 46.7 Å². The largest absolute Gasteiger partial charge is 0.457 e. The van der Waals surface area contributed by atoms with Gasteiger partial charge in [0.25, 0.3) is 0 Å². The van der Waals surface area contributed by atoms with E-state index in [0.717, 1.165) is 9.79 Å². The van der Waals surface area contributed by atoms with Crippen LogP contribution in [0.1, 0.15) is 22.3 Å². The van der Waals surface area contributed by atoms with Gasteiger partial charge in [0.15, 0.2) is 0 Å². The van der Waals surface area contributed by atoms with Gasteiger partial charge in [0.1, 0.15) is 35.8 Å². The van der Waals surface area contributed by atoms with Crippen LogP contribution in [-0.4, -0.2) is 0 Å². The van der Waals surface area contributed by atoms with E-state index in [9.17, 15) is 10.5 Å². The average Bonchev–Trinajstić information content (AvgIpc) is 2.92. The van der Waals surface area contributed by atoms with Gasteiger partial charge in [-0.2, -0.15) is 21.0 Å². The lowest BCUT2D eigenvalue weighted by atomic mass is 10.1. The zero-order valence-corrected chi connectivity index (χ0v) is 21.8.